The highest BCUT2D eigenvalue weighted by Crippen LogP contribution is 2.27. The SMILES string of the molecule is COc1ccc(C2(C)COCCN2)cc1C. The van der Waals surface area contributed by atoms with Gasteiger partial charge in [-0.25, -0.2) is 0 Å². The second kappa shape index (κ2) is 4.44. The zero-order valence-electron chi connectivity index (χ0n) is 10.2. The molecular formula is C13H19NO2. The Kier molecular flexibility index (Phi) is 3.17. The van der Waals surface area contributed by atoms with Crippen molar-refractivity contribution in [1.82, 2.24) is 5.32 Å². The van der Waals surface area contributed by atoms with E-state index in [1.807, 2.05) is 6.07 Å². The largest absolute Gasteiger partial charge is 0.496 e. The molecule has 0 spiro atoms. The molecule has 0 bridgehead atoms. The molecular weight excluding hydrogens is 202 g/mol. The number of hydrogen-bond acceptors (Lipinski definition) is 3. The summed E-state index contributed by atoms with van der Waals surface area (Å²) in [7, 11) is 1.70. The third-order valence-electron chi connectivity index (χ3n) is 3.18. The Bertz CT molecular complexity index is 370. The Morgan fingerprint density at radius 2 is 2.25 bits per heavy atom. The van der Waals surface area contributed by atoms with E-state index in [1.54, 1.807) is 7.11 Å². The van der Waals surface area contributed by atoms with Crippen LogP contribution in [0.5, 0.6) is 5.75 Å². The third-order valence-corrected chi connectivity index (χ3v) is 3.18. The lowest BCUT2D eigenvalue weighted by molar-refractivity contribution is 0.0338. The lowest BCUT2D eigenvalue weighted by Crippen LogP contribution is -2.49. The summed E-state index contributed by atoms with van der Waals surface area (Å²) < 4.78 is 10.8. The zero-order chi connectivity index (χ0) is 11.6. The van der Waals surface area contributed by atoms with E-state index in [0.717, 1.165) is 31.1 Å². The van der Waals surface area contributed by atoms with Gasteiger partial charge in [0.05, 0.1) is 25.9 Å². The van der Waals surface area contributed by atoms with Gasteiger partial charge < -0.3 is 14.8 Å². The summed E-state index contributed by atoms with van der Waals surface area (Å²) in [5, 5.41) is 3.51. The van der Waals surface area contributed by atoms with Crippen molar-refractivity contribution < 1.29 is 9.47 Å². The second-order valence-electron chi connectivity index (χ2n) is 4.50. The molecule has 0 radical (unpaired) electrons. The smallest absolute Gasteiger partial charge is 0.121 e. The molecule has 1 saturated heterocycles. The van der Waals surface area contributed by atoms with E-state index in [9.17, 15) is 0 Å². The Morgan fingerprint density at radius 3 is 2.81 bits per heavy atom. The van der Waals surface area contributed by atoms with Gasteiger partial charge in [0.25, 0.3) is 0 Å². The minimum atomic E-state index is -0.0741. The summed E-state index contributed by atoms with van der Waals surface area (Å²) in [6.07, 6.45) is 0. The summed E-state index contributed by atoms with van der Waals surface area (Å²) in [5.74, 6) is 0.934. The number of hydrogen-bond donors (Lipinski definition) is 1. The highest BCUT2D eigenvalue weighted by atomic mass is 16.5. The first-order valence-electron chi connectivity index (χ1n) is 5.63. The minimum absolute atomic E-state index is 0.0741. The van der Waals surface area contributed by atoms with Crippen LogP contribution in [-0.4, -0.2) is 26.9 Å². The molecule has 0 aliphatic carbocycles. The van der Waals surface area contributed by atoms with Crippen molar-refractivity contribution in [1.29, 1.82) is 0 Å². The summed E-state index contributed by atoms with van der Waals surface area (Å²) in [4.78, 5) is 0. The van der Waals surface area contributed by atoms with Crippen molar-refractivity contribution in [3.8, 4) is 5.75 Å². The first kappa shape index (κ1) is 11.4. The molecule has 16 heavy (non-hydrogen) atoms. The van der Waals surface area contributed by atoms with Crippen LogP contribution >= 0.6 is 0 Å². The number of nitrogens with one attached hydrogen (secondary N) is 1. The van der Waals surface area contributed by atoms with E-state index in [4.69, 9.17) is 9.47 Å². The number of methoxy groups -OCH3 is 1. The van der Waals surface area contributed by atoms with E-state index in [0.29, 0.717) is 0 Å². The van der Waals surface area contributed by atoms with Crippen molar-refractivity contribution in [3.05, 3.63) is 29.3 Å². The number of rotatable bonds is 2. The Morgan fingerprint density at radius 1 is 1.44 bits per heavy atom. The fourth-order valence-corrected chi connectivity index (χ4v) is 2.13. The quantitative estimate of drug-likeness (QED) is 0.826. The fraction of sp³-hybridized carbons (Fsp3) is 0.538. The van der Waals surface area contributed by atoms with Crippen LogP contribution in [0.2, 0.25) is 0 Å². The van der Waals surface area contributed by atoms with Gasteiger partial charge >= 0.3 is 0 Å². The van der Waals surface area contributed by atoms with Gasteiger partial charge in [-0.05, 0) is 31.0 Å². The zero-order valence-corrected chi connectivity index (χ0v) is 10.2. The average Bonchev–Trinajstić information content (AvgIpc) is 2.30. The first-order chi connectivity index (χ1) is 7.65. The van der Waals surface area contributed by atoms with Crippen LogP contribution in [0.4, 0.5) is 0 Å². The Hall–Kier alpha value is -1.06. The summed E-state index contributed by atoms with van der Waals surface area (Å²) >= 11 is 0. The van der Waals surface area contributed by atoms with Gasteiger partial charge in [0.1, 0.15) is 5.75 Å². The molecule has 3 nitrogen and oxygen atoms in total. The first-order valence-corrected chi connectivity index (χ1v) is 5.63. The highest BCUT2D eigenvalue weighted by Gasteiger charge is 2.29. The number of benzene rings is 1. The standard InChI is InChI=1S/C13H19NO2/c1-10-8-11(4-5-12(10)15-3)13(2)9-16-7-6-14-13/h4-5,8,14H,6-7,9H2,1-3H3. The van der Waals surface area contributed by atoms with Gasteiger partial charge in [0.2, 0.25) is 0 Å². The number of ether oxygens (including phenoxy) is 2. The Balaban J connectivity index is 2.29. The van der Waals surface area contributed by atoms with Crippen LogP contribution in [0.15, 0.2) is 18.2 Å². The molecule has 1 aromatic carbocycles. The summed E-state index contributed by atoms with van der Waals surface area (Å²) in [5.41, 5.74) is 2.34. The monoisotopic (exact) mass is 221 g/mol. The van der Waals surface area contributed by atoms with Crippen LogP contribution < -0.4 is 10.1 Å². The lowest BCUT2D eigenvalue weighted by Gasteiger charge is -2.35. The lowest BCUT2D eigenvalue weighted by atomic mass is 9.90. The van der Waals surface area contributed by atoms with Gasteiger partial charge in [-0.2, -0.15) is 0 Å². The molecule has 1 aliphatic rings. The molecule has 3 heteroatoms. The van der Waals surface area contributed by atoms with Crippen molar-refractivity contribution in [2.75, 3.05) is 26.9 Å². The van der Waals surface area contributed by atoms with E-state index in [2.05, 4.69) is 31.3 Å². The summed E-state index contributed by atoms with van der Waals surface area (Å²) in [6, 6.07) is 6.29. The molecule has 1 unspecified atom stereocenters. The predicted molar refractivity (Wildman–Crippen MR) is 63.9 cm³/mol. The number of aryl methyl sites for hydroxylation is 1. The van der Waals surface area contributed by atoms with Crippen LogP contribution in [0, 0.1) is 6.92 Å². The average molecular weight is 221 g/mol. The Labute approximate surface area is 96.8 Å². The highest BCUT2D eigenvalue weighted by molar-refractivity contribution is 5.39. The molecule has 1 N–H and O–H groups in total. The van der Waals surface area contributed by atoms with E-state index < -0.39 is 0 Å². The van der Waals surface area contributed by atoms with Gasteiger partial charge in [-0.1, -0.05) is 12.1 Å². The van der Waals surface area contributed by atoms with E-state index >= 15 is 0 Å². The van der Waals surface area contributed by atoms with Crippen LogP contribution in [0.25, 0.3) is 0 Å². The van der Waals surface area contributed by atoms with Gasteiger partial charge in [-0.3, -0.25) is 0 Å². The maximum absolute atomic E-state index is 5.54. The van der Waals surface area contributed by atoms with Crippen LogP contribution in [0.1, 0.15) is 18.1 Å². The van der Waals surface area contributed by atoms with Crippen molar-refractivity contribution >= 4 is 0 Å². The molecule has 0 saturated carbocycles. The maximum atomic E-state index is 5.54. The molecule has 0 aromatic heterocycles. The molecule has 1 fully saturated rings. The minimum Gasteiger partial charge on any atom is -0.496 e. The molecule has 1 atom stereocenters. The predicted octanol–water partition coefficient (Wildman–Crippen LogP) is 1.84. The normalized spacial score (nSPS) is 25.4. The van der Waals surface area contributed by atoms with E-state index in [1.165, 1.54) is 5.56 Å². The van der Waals surface area contributed by atoms with Gasteiger partial charge in [0.15, 0.2) is 0 Å². The second-order valence-corrected chi connectivity index (χ2v) is 4.50. The van der Waals surface area contributed by atoms with Gasteiger partial charge in [0, 0.05) is 6.54 Å². The van der Waals surface area contributed by atoms with Crippen molar-refractivity contribution in [3.63, 3.8) is 0 Å². The fourth-order valence-electron chi connectivity index (χ4n) is 2.13. The van der Waals surface area contributed by atoms with Gasteiger partial charge in [-0.15, -0.1) is 0 Å². The van der Waals surface area contributed by atoms with Crippen LogP contribution in [-0.2, 0) is 10.3 Å². The van der Waals surface area contributed by atoms with Crippen LogP contribution in [0.3, 0.4) is 0 Å². The van der Waals surface area contributed by atoms with E-state index in [-0.39, 0.29) is 5.54 Å². The van der Waals surface area contributed by atoms with Crippen molar-refractivity contribution in [2.45, 2.75) is 19.4 Å². The third kappa shape index (κ3) is 2.06. The summed E-state index contributed by atoms with van der Waals surface area (Å²) in [6.45, 7) is 6.66. The topological polar surface area (TPSA) is 30.5 Å². The maximum Gasteiger partial charge on any atom is 0.121 e. The molecule has 88 valence electrons. The van der Waals surface area contributed by atoms with Crippen molar-refractivity contribution in [2.24, 2.45) is 0 Å². The number of morpholine rings is 1. The molecule has 1 aliphatic heterocycles. The molecule has 1 aromatic rings. The molecule has 1 heterocycles. The molecule has 2 rings (SSSR count). The molecule has 0 amide bonds.